The van der Waals surface area contributed by atoms with E-state index in [9.17, 15) is 8.42 Å². The van der Waals surface area contributed by atoms with Crippen molar-refractivity contribution in [2.24, 2.45) is 0 Å². The third-order valence-electron chi connectivity index (χ3n) is 3.07. The highest BCUT2D eigenvalue weighted by molar-refractivity contribution is 7.89. The Kier molecular flexibility index (Phi) is 3.87. The topological polar surface area (TPSA) is 85.3 Å². The van der Waals surface area contributed by atoms with E-state index in [1.807, 2.05) is 19.9 Å². The van der Waals surface area contributed by atoms with Crippen molar-refractivity contribution in [2.75, 3.05) is 5.73 Å². The highest BCUT2D eigenvalue weighted by Gasteiger charge is 2.20. The largest absolute Gasteiger partial charge is 0.466 e. The molecule has 0 aliphatic carbocycles. The molecule has 20 heavy (non-hydrogen) atoms. The Bertz CT molecular complexity index is 703. The Labute approximate surface area is 118 Å². The van der Waals surface area contributed by atoms with Crippen LogP contribution in [0.25, 0.3) is 0 Å². The zero-order chi connectivity index (χ0) is 14.9. The van der Waals surface area contributed by atoms with Gasteiger partial charge in [-0.25, -0.2) is 13.1 Å². The molecule has 1 heterocycles. The minimum atomic E-state index is -3.58. The van der Waals surface area contributed by atoms with Crippen molar-refractivity contribution in [2.45, 2.75) is 31.7 Å². The van der Waals surface area contributed by atoms with Crippen LogP contribution >= 0.6 is 0 Å². The summed E-state index contributed by atoms with van der Waals surface area (Å²) in [4.78, 5) is 0.191. The molecule has 1 unspecified atom stereocenters. The minimum Gasteiger partial charge on any atom is -0.466 e. The quantitative estimate of drug-likeness (QED) is 0.848. The van der Waals surface area contributed by atoms with Gasteiger partial charge in [-0.05, 0) is 51.1 Å². The molecule has 1 aromatic carbocycles. The van der Waals surface area contributed by atoms with Gasteiger partial charge in [0, 0.05) is 17.3 Å². The predicted octanol–water partition coefficient (Wildman–Crippen LogP) is 2.52. The Morgan fingerprint density at radius 3 is 2.30 bits per heavy atom. The summed E-state index contributed by atoms with van der Waals surface area (Å²) < 4.78 is 32.6. The smallest absolute Gasteiger partial charge is 0.241 e. The van der Waals surface area contributed by atoms with Crippen molar-refractivity contribution in [1.29, 1.82) is 0 Å². The zero-order valence-electron chi connectivity index (χ0n) is 11.7. The molecule has 0 aliphatic heterocycles. The first kappa shape index (κ1) is 14.6. The third-order valence-corrected chi connectivity index (χ3v) is 4.62. The fourth-order valence-corrected chi connectivity index (χ4v) is 3.31. The monoisotopic (exact) mass is 294 g/mol. The van der Waals surface area contributed by atoms with Gasteiger partial charge in [0.1, 0.15) is 11.5 Å². The molecular weight excluding hydrogens is 276 g/mol. The molecule has 0 saturated carbocycles. The van der Waals surface area contributed by atoms with E-state index in [0.717, 1.165) is 17.1 Å². The Morgan fingerprint density at radius 2 is 1.80 bits per heavy atom. The number of benzene rings is 1. The van der Waals surface area contributed by atoms with E-state index in [1.54, 1.807) is 19.1 Å². The second kappa shape index (κ2) is 5.30. The van der Waals surface area contributed by atoms with E-state index in [4.69, 9.17) is 10.2 Å². The summed E-state index contributed by atoms with van der Waals surface area (Å²) in [6.45, 7) is 5.43. The molecule has 0 amide bonds. The highest BCUT2D eigenvalue weighted by Crippen LogP contribution is 2.23. The highest BCUT2D eigenvalue weighted by atomic mass is 32.2. The maximum Gasteiger partial charge on any atom is 0.241 e. The first-order chi connectivity index (χ1) is 9.29. The van der Waals surface area contributed by atoms with E-state index >= 15 is 0 Å². The van der Waals surface area contributed by atoms with Crippen LogP contribution in [0.2, 0.25) is 0 Å². The molecule has 5 nitrogen and oxygen atoms in total. The lowest BCUT2D eigenvalue weighted by Gasteiger charge is -2.13. The van der Waals surface area contributed by atoms with Gasteiger partial charge in [-0.2, -0.15) is 0 Å². The molecule has 0 fully saturated rings. The number of nitrogens with two attached hydrogens (primary N) is 1. The van der Waals surface area contributed by atoms with Gasteiger partial charge in [0.2, 0.25) is 10.0 Å². The molecule has 3 N–H and O–H groups in total. The molecule has 0 spiro atoms. The second-order valence-electron chi connectivity index (χ2n) is 4.78. The van der Waals surface area contributed by atoms with Crippen molar-refractivity contribution >= 4 is 15.7 Å². The first-order valence-corrected chi connectivity index (χ1v) is 7.73. The molecule has 0 aliphatic rings. The summed E-state index contributed by atoms with van der Waals surface area (Å²) in [6.07, 6.45) is 0. The fraction of sp³-hybridized carbons (Fsp3) is 0.286. The van der Waals surface area contributed by atoms with E-state index in [1.165, 1.54) is 12.1 Å². The molecule has 2 aromatic rings. The molecule has 0 saturated heterocycles. The summed E-state index contributed by atoms with van der Waals surface area (Å²) >= 11 is 0. The summed E-state index contributed by atoms with van der Waals surface area (Å²) in [5.41, 5.74) is 6.92. The number of hydrogen-bond acceptors (Lipinski definition) is 4. The van der Waals surface area contributed by atoms with Crippen molar-refractivity contribution in [3.63, 3.8) is 0 Å². The van der Waals surface area contributed by atoms with Gasteiger partial charge >= 0.3 is 0 Å². The summed E-state index contributed by atoms with van der Waals surface area (Å²) in [7, 11) is -3.58. The maximum atomic E-state index is 12.3. The molecule has 0 bridgehead atoms. The number of furan rings is 1. The van der Waals surface area contributed by atoms with Crippen molar-refractivity contribution in [3.05, 3.63) is 47.4 Å². The average Bonchev–Trinajstić information content (AvgIpc) is 2.68. The number of sulfonamides is 1. The van der Waals surface area contributed by atoms with Gasteiger partial charge in [0.25, 0.3) is 0 Å². The number of hydrogen-bond donors (Lipinski definition) is 2. The summed E-state index contributed by atoms with van der Waals surface area (Å²) in [5, 5.41) is 0. The van der Waals surface area contributed by atoms with E-state index < -0.39 is 10.0 Å². The fourth-order valence-electron chi connectivity index (χ4n) is 2.09. The Balaban J connectivity index is 2.24. The van der Waals surface area contributed by atoms with Crippen LogP contribution in [-0.4, -0.2) is 8.42 Å². The van der Waals surface area contributed by atoms with Gasteiger partial charge in [0.15, 0.2) is 0 Å². The zero-order valence-corrected chi connectivity index (χ0v) is 12.5. The average molecular weight is 294 g/mol. The standard InChI is InChI=1S/C14H18N2O3S/c1-9-8-14(11(3)19-9)10(2)16-20(17,18)13-6-4-12(15)5-7-13/h4-8,10,16H,15H2,1-3H3. The van der Waals surface area contributed by atoms with Crippen LogP contribution in [0.1, 0.15) is 30.0 Å². The number of nitrogen functional groups attached to an aromatic ring is 1. The van der Waals surface area contributed by atoms with E-state index in [-0.39, 0.29) is 10.9 Å². The predicted molar refractivity (Wildman–Crippen MR) is 77.8 cm³/mol. The number of rotatable bonds is 4. The molecular formula is C14H18N2O3S. The Morgan fingerprint density at radius 1 is 1.20 bits per heavy atom. The molecule has 108 valence electrons. The second-order valence-corrected chi connectivity index (χ2v) is 6.49. The number of nitrogens with one attached hydrogen (secondary N) is 1. The van der Waals surface area contributed by atoms with Gasteiger partial charge in [-0.1, -0.05) is 0 Å². The minimum absolute atomic E-state index is 0.191. The number of anilines is 1. The third kappa shape index (κ3) is 3.02. The van der Waals surface area contributed by atoms with Crippen LogP contribution in [0.5, 0.6) is 0 Å². The van der Waals surface area contributed by atoms with Gasteiger partial charge in [-0.3, -0.25) is 0 Å². The normalized spacial score (nSPS) is 13.3. The van der Waals surface area contributed by atoms with E-state index in [2.05, 4.69) is 4.72 Å². The van der Waals surface area contributed by atoms with Crippen LogP contribution in [0.4, 0.5) is 5.69 Å². The summed E-state index contributed by atoms with van der Waals surface area (Å²) in [6, 6.07) is 7.56. The summed E-state index contributed by atoms with van der Waals surface area (Å²) in [5.74, 6) is 1.48. The van der Waals surface area contributed by atoms with Crippen molar-refractivity contribution < 1.29 is 12.8 Å². The van der Waals surface area contributed by atoms with Gasteiger partial charge in [-0.15, -0.1) is 0 Å². The van der Waals surface area contributed by atoms with Crippen LogP contribution in [0, 0.1) is 13.8 Å². The maximum absolute atomic E-state index is 12.3. The lowest BCUT2D eigenvalue weighted by atomic mass is 10.1. The van der Waals surface area contributed by atoms with Crippen LogP contribution < -0.4 is 10.5 Å². The molecule has 1 aromatic heterocycles. The SMILES string of the molecule is Cc1cc(C(C)NS(=O)(=O)c2ccc(N)cc2)c(C)o1. The molecule has 6 heteroatoms. The van der Waals surface area contributed by atoms with Gasteiger partial charge < -0.3 is 10.2 Å². The van der Waals surface area contributed by atoms with Gasteiger partial charge in [0.05, 0.1) is 4.90 Å². The van der Waals surface area contributed by atoms with E-state index in [0.29, 0.717) is 5.69 Å². The van der Waals surface area contributed by atoms with Crippen molar-refractivity contribution in [3.8, 4) is 0 Å². The first-order valence-electron chi connectivity index (χ1n) is 6.24. The Hall–Kier alpha value is -1.79. The van der Waals surface area contributed by atoms with Crippen LogP contribution in [0.15, 0.2) is 39.6 Å². The van der Waals surface area contributed by atoms with Crippen molar-refractivity contribution in [1.82, 2.24) is 4.72 Å². The molecule has 0 radical (unpaired) electrons. The van der Waals surface area contributed by atoms with Crippen LogP contribution in [0.3, 0.4) is 0 Å². The lowest BCUT2D eigenvalue weighted by molar-refractivity contribution is 0.496. The van der Waals surface area contributed by atoms with Crippen LogP contribution in [-0.2, 0) is 10.0 Å². The molecule has 2 rings (SSSR count). The lowest BCUT2D eigenvalue weighted by Crippen LogP contribution is -2.27. The number of aryl methyl sites for hydroxylation is 2. The molecule has 1 atom stereocenters.